The van der Waals surface area contributed by atoms with E-state index in [1.807, 2.05) is 0 Å². The molecule has 0 amide bonds. The Morgan fingerprint density at radius 2 is 2.00 bits per heavy atom. The van der Waals surface area contributed by atoms with Crippen molar-refractivity contribution in [3.8, 4) is 0 Å². The Morgan fingerprint density at radius 3 is 2.62 bits per heavy atom. The molecule has 0 bridgehead atoms. The zero-order valence-corrected chi connectivity index (χ0v) is 9.49. The van der Waals surface area contributed by atoms with Crippen LogP contribution < -0.4 is 5.32 Å². The van der Waals surface area contributed by atoms with Crippen LogP contribution in [0.4, 0.5) is 0 Å². The highest BCUT2D eigenvalue weighted by molar-refractivity contribution is 7.84. The average Bonchev–Trinajstić information content (AvgIpc) is 2.13. The van der Waals surface area contributed by atoms with Crippen LogP contribution in [0.1, 0.15) is 19.8 Å². The smallest absolute Gasteiger partial charge is 0.0471 e. The lowest BCUT2D eigenvalue weighted by atomic mass is 10.5. The molecule has 0 rings (SSSR count). The highest BCUT2D eigenvalue weighted by Crippen LogP contribution is 1.91. The molecular weight excluding hydrogens is 186 g/mol. The van der Waals surface area contributed by atoms with E-state index in [1.54, 1.807) is 7.11 Å². The maximum Gasteiger partial charge on any atom is 0.0471 e. The van der Waals surface area contributed by atoms with Gasteiger partial charge in [-0.1, -0.05) is 6.92 Å². The summed E-state index contributed by atoms with van der Waals surface area (Å²) in [5.74, 6) is 1.59. The third-order valence-electron chi connectivity index (χ3n) is 1.70. The molecular formula is C9H21NO2S. The van der Waals surface area contributed by atoms with Crippen LogP contribution in [0.5, 0.6) is 0 Å². The highest BCUT2D eigenvalue weighted by Gasteiger charge is 1.98. The van der Waals surface area contributed by atoms with Crippen LogP contribution in [0.15, 0.2) is 0 Å². The molecule has 1 unspecified atom stereocenters. The largest absolute Gasteiger partial charge is 0.385 e. The SMILES string of the molecule is CCNCCCS(=O)CCCOC. The molecule has 0 aromatic rings. The van der Waals surface area contributed by atoms with Gasteiger partial charge in [0.25, 0.3) is 0 Å². The van der Waals surface area contributed by atoms with Crippen LogP contribution in [-0.2, 0) is 15.5 Å². The van der Waals surface area contributed by atoms with E-state index in [0.29, 0.717) is 0 Å². The highest BCUT2D eigenvalue weighted by atomic mass is 32.2. The van der Waals surface area contributed by atoms with E-state index in [2.05, 4.69) is 12.2 Å². The minimum atomic E-state index is -0.645. The molecule has 0 aliphatic carbocycles. The molecule has 0 spiro atoms. The lowest BCUT2D eigenvalue weighted by molar-refractivity contribution is 0.200. The summed E-state index contributed by atoms with van der Waals surface area (Å²) < 4.78 is 16.2. The van der Waals surface area contributed by atoms with Crippen LogP contribution in [0, 0.1) is 0 Å². The van der Waals surface area contributed by atoms with Crippen LogP contribution >= 0.6 is 0 Å². The van der Waals surface area contributed by atoms with Crippen molar-refractivity contribution >= 4 is 10.8 Å². The molecule has 0 saturated carbocycles. The number of hydrogen-bond acceptors (Lipinski definition) is 3. The first-order valence-corrected chi connectivity index (χ1v) is 6.34. The Kier molecular flexibility index (Phi) is 10.2. The van der Waals surface area contributed by atoms with Crippen molar-refractivity contribution < 1.29 is 8.95 Å². The second-order valence-electron chi connectivity index (χ2n) is 2.90. The van der Waals surface area contributed by atoms with Crippen LogP contribution in [0.3, 0.4) is 0 Å². The molecule has 80 valence electrons. The van der Waals surface area contributed by atoms with Crippen molar-refractivity contribution in [3.63, 3.8) is 0 Å². The van der Waals surface area contributed by atoms with E-state index in [4.69, 9.17) is 4.74 Å². The fraction of sp³-hybridized carbons (Fsp3) is 1.00. The summed E-state index contributed by atoms with van der Waals surface area (Å²) in [4.78, 5) is 0. The van der Waals surface area contributed by atoms with E-state index in [9.17, 15) is 4.21 Å². The predicted molar refractivity (Wildman–Crippen MR) is 57.5 cm³/mol. The Hall–Kier alpha value is 0.0700. The van der Waals surface area contributed by atoms with E-state index >= 15 is 0 Å². The number of rotatable bonds is 9. The summed E-state index contributed by atoms with van der Waals surface area (Å²) in [6, 6.07) is 0. The van der Waals surface area contributed by atoms with Crippen molar-refractivity contribution in [2.75, 3.05) is 38.3 Å². The molecule has 1 atom stereocenters. The molecule has 0 fully saturated rings. The normalized spacial score (nSPS) is 13.1. The monoisotopic (exact) mass is 207 g/mol. The summed E-state index contributed by atoms with van der Waals surface area (Å²) in [6.45, 7) is 4.78. The zero-order valence-electron chi connectivity index (χ0n) is 8.67. The number of nitrogens with one attached hydrogen (secondary N) is 1. The van der Waals surface area contributed by atoms with Crippen molar-refractivity contribution in [3.05, 3.63) is 0 Å². The van der Waals surface area contributed by atoms with Crippen LogP contribution in [-0.4, -0.2) is 42.5 Å². The maximum atomic E-state index is 11.3. The van der Waals surface area contributed by atoms with Gasteiger partial charge in [-0.2, -0.15) is 0 Å². The second-order valence-corrected chi connectivity index (χ2v) is 4.60. The molecule has 0 aliphatic heterocycles. The van der Waals surface area contributed by atoms with Gasteiger partial charge in [-0.15, -0.1) is 0 Å². The first kappa shape index (κ1) is 13.1. The Morgan fingerprint density at radius 1 is 1.31 bits per heavy atom. The second kappa shape index (κ2) is 10.2. The molecule has 4 heteroatoms. The Balaban J connectivity index is 3.11. The van der Waals surface area contributed by atoms with Gasteiger partial charge in [0, 0.05) is 36.0 Å². The molecule has 1 N–H and O–H groups in total. The van der Waals surface area contributed by atoms with E-state index in [0.717, 1.165) is 44.0 Å². The van der Waals surface area contributed by atoms with E-state index in [-0.39, 0.29) is 0 Å². The number of ether oxygens (including phenoxy) is 1. The van der Waals surface area contributed by atoms with Crippen molar-refractivity contribution in [1.82, 2.24) is 5.32 Å². The lowest BCUT2D eigenvalue weighted by Crippen LogP contribution is -2.17. The van der Waals surface area contributed by atoms with Gasteiger partial charge in [0.1, 0.15) is 0 Å². The van der Waals surface area contributed by atoms with Crippen molar-refractivity contribution in [2.45, 2.75) is 19.8 Å². The van der Waals surface area contributed by atoms with Gasteiger partial charge in [0.05, 0.1) is 0 Å². The topological polar surface area (TPSA) is 38.3 Å². The molecule has 0 radical (unpaired) electrons. The Bertz CT molecular complexity index is 131. The molecule has 0 aromatic carbocycles. The van der Waals surface area contributed by atoms with Crippen LogP contribution in [0.2, 0.25) is 0 Å². The Labute approximate surface area is 83.7 Å². The summed E-state index contributed by atoms with van der Waals surface area (Å²) in [6.07, 6.45) is 1.91. The average molecular weight is 207 g/mol. The summed E-state index contributed by atoms with van der Waals surface area (Å²) in [7, 11) is 1.03. The van der Waals surface area contributed by atoms with E-state index in [1.165, 1.54) is 0 Å². The number of hydrogen-bond donors (Lipinski definition) is 1. The third-order valence-corrected chi connectivity index (χ3v) is 3.18. The lowest BCUT2D eigenvalue weighted by Gasteiger charge is -2.02. The molecule has 3 nitrogen and oxygen atoms in total. The minimum absolute atomic E-state index is 0.645. The molecule has 13 heavy (non-hydrogen) atoms. The molecule has 0 saturated heterocycles. The standard InChI is InChI=1S/C9H21NO2S/c1-3-10-6-4-8-13(11)9-5-7-12-2/h10H,3-9H2,1-2H3. The fourth-order valence-corrected chi connectivity index (χ4v) is 2.11. The molecule has 0 heterocycles. The van der Waals surface area contributed by atoms with Gasteiger partial charge in [-0.25, -0.2) is 0 Å². The van der Waals surface area contributed by atoms with Gasteiger partial charge in [-0.05, 0) is 25.9 Å². The fourth-order valence-electron chi connectivity index (χ4n) is 1.00. The van der Waals surface area contributed by atoms with Gasteiger partial charge < -0.3 is 10.1 Å². The molecule has 0 aromatic heterocycles. The van der Waals surface area contributed by atoms with Crippen molar-refractivity contribution in [1.29, 1.82) is 0 Å². The molecule has 0 aliphatic rings. The summed E-state index contributed by atoms with van der Waals surface area (Å²) in [5.41, 5.74) is 0. The summed E-state index contributed by atoms with van der Waals surface area (Å²) in [5, 5.41) is 3.21. The van der Waals surface area contributed by atoms with Gasteiger partial charge >= 0.3 is 0 Å². The first-order chi connectivity index (χ1) is 6.31. The van der Waals surface area contributed by atoms with Gasteiger partial charge in [0.2, 0.25) is 0 Å². The first-order valence-electron chi connectivity index (χ1n) is 4.86. The zero-order chi connectivity index (χ0) is 9.94. The third kappa shape index (κ3) is 9.99. The predicted octanol–water partition coefficient (Wildman–Crippen LogP) is 0.771. The quantitative estimate of drug-likeness (QED) is 0.568. The van der Waals surface area contributed by atoms with Gasteiger partial charge in [0.15, 0.2) is 0 Å². The van der Waals surface area contributed by atoms with Gasteiger partial charge in [-0.3, -0.25) is 4.21 Å². The number of methoxy groups -OCH3 is 1. The van der Waals surface area contributed by atoms with Crippen molar-refractivity contribution in [2.24, 2.45) is 0 Å². The summed E-state index contributed by atoms with van der Waals surface area (Å²) >= 11 is 0. The minimum Gasteiger partial charge on any atom is -0.385 e. The van der Waals surface area contributed by atoms with Crippen LogP contribution in [0.25, 0.3) is 0 Å². The maximum absolute atomic E-state index is 11.3. The van der Waals surface area contributed by atoms with E-state index < -0.39 is 10.8 Å².